The summed E-state index contributed by atoms with van der Waals surface area (Å²) < 4.78 is 16.7. The summed E-state index contributed by atoms with van der Waals surface area (Å²) in [5, 5.41) is 15.8. The van der Waals surface area contributed by atoms with Gasteiger partial charge in [-0.05, 0) is 72.9 Å². The van der Waals surface area contributed by atoms with Crippen LogP contribution in [0.5, 0.6) is 0 Å². The van der Waals surface area contributed by atoms with Gasteiger partial charge in [0.2, 0.25) is 0 Å². The normalized spacial score (nSPS) is 21.0. The van der Waals surface area contributed by atoms with Crippen LogP contribution in [0, 0.1) is 11.7 Å². The number of carboxylic acid groups (broad SMARTS) is 1. The zero-order valence-corrected chi connectivity index (χ0v) is 20.8. The lowest BCUT2D eigenvalue weighted by Crippen LogP contribution is -2.38. The molecule has 1 aliphatic heterocycles. The van der Waals surface area contributed by atoms with Crippen molar-refractivity contribution in [3.05, 3.63) is 75.0 Å². The second kappa shape index (κ2) is 8.51. The SMILES string of the molecule is CCc1cc(C(=O)N2CCc3sccc3C2C)nc2cc(-c3ccc(C4C[C@H]4C(=O)O)cc3F)nn12. The Balaban J connectivity index is 1.33. The van der Waals surface area contributed by atoms with Gasteiger partial charge < -0.3 is 10.0 Å². The van der Waals surface area contributed by atoms with Crippen LogP contribution in [0.3, 0.4) is 0 Å². The molecule has 0 spiro atoms. The van der Waals surface area contributed by atoms with E-state index in [2.05, 4.69) is 21.5 Å². The number of amides is 1. The summed E-state index contributed by atoms with van der Waals surface area (Å²) in [6.45, 7) is 4.68. The molecule has 1 N–H and O–H groups in total. The van der Waals surface area contributed by atoms with Gasteiger partial charge in [-0.3, -0.25) is 9.59 Å². The third-order valence-corrected chi connectivity index (χ3v) is 8.42. The maximum absolute atomic E-state index is 15.1. The molecule has 7 nitrogen and oxygen atoms in total. The molecule has 9 heteroatoms. The van der Waals surface area contributed by atoms with E-state index in [0.29, 0.717) is 47.5 Å². The van der Waals surface area contributed by atoms with Crippen molar-refractivity contribution in [3.8, 4) is 11.3 Å². The van der Waals surface area contributed by atoms with Crippen LogP contribution in [0.25, 0.3) is 16.9 Å². The Morgan fingerprint density at radius 3 is 2.78 bits per heavy atom. The Morgan fingerprint density at radius 1 is 1.22 bits per heavy atom. The molecular formula is C27H25FN4O3S. The second-order valence-corrected chi connectivity index (χ2v) is 10.5. The van der Waals surface area contributed by atoms with Crippen LogP contribution in [0.1, 0.15) is 64.4 Å². The van der Waals surface area contributed by atoms with E-state index in [-0.39, 0.29) is 17.9 Å². The number of hydrogen-bond donors (Lipinski definition) is 1. The summed E-state index contributed by atoms with van der Waals surface area (Å²) in [5.74, 6) is -1.99. The fourth-order valence-corrected chi connectivity index (χ4v) is 6.23. The maximum atomic E-state index is 15.1. The highest BCUT2D eigenvalue weighted by molar-refractivity contribution is 7.10. The van der Waals surface area contributed by atoms with Crippen molar-refractivity contribution in [2.75, 3.05) is 6.54 Å². The zero-order chi connectivity index (χ0) is 25.1. The molecule has 6 rings (SSSR count). The molecule has 1 fully saturated rings. The van der Waals surface area contributed by atoms with Gasteiger partial charge in [-0.2, -0.15) is 5.10 Å². The Morgan fingerprint density at radius 2 is 2.06 bits per heavy atom. The Bertz CT molecular complexity index is 1530. The lowest BCUT2D eigenvalue weighted by Gasteiger charge is -2.33. The lowest BCUT2D eigenvalue weighted by atomic mass is 10.0. The highest BCUT2D eigenvalue weighted by Crippen LogP contribution is 2.48. The first kappa shape index (κ1) is 22.8. The number of nitrogens with zero attached hydrogens (tertiary/aromatic N) is 4. The van der Waals surface area contributed by atoms with E-state index in [4.69, 9.17) is 5.11 Å². The lowest BCUT2D eigenvalue weighted by molar-refractivity contribution is -0.138. The summed E-state index contributed by atoms with van der Waals surface area (Å²) >= 11 is 1.73. The van der Waals surface area contributed by atoms with Gasteiger partial charge in [0.25, 0.3) is 5.91 Å². The van der Waals surface area contributed by atoms with Gasteiger partial charge >= 0.3 is 5.97 Å². The van der Waals surface area contributed by atoms with Gasteiger partial charge in [-0.1, -0.05) is 13.0 Å². The Labute approximate surface area is 211 Å². The number of fused-ring (bicyclic) bond motifs is 2. The fraction of sp³-hybridized carbons (Fsp3) is 0.333. The third kappa shape index (κ3) is 3.69. The van der Waals surface area contributed by atoms with Crippen molar-refractivity contribution in [1.29, 1.82) is 0 Å². The summed E-state index contributed by atoms with van der Waals surface area (Å²) in [5.41, 5.74) is 4.30. The number of carbonyl (C=O) groups excluding carboxylic acids is 1. The molecule has 2 unspecified atom stereocenters. The highest BCUT2D eigenvalue weighted by Gasteiger charge is 2.44. The van der Waals surface area contributed by atoms with Crippen LogP contribution in [0.15, 0.2) is 41.8 Å². The van der Waals surface area contributed by atoms with Gasteiger partial charge in [0.1, 0.15) is 11.5 Å². The van der Waals surface area contributed by atoms with E-state index in [1.165, 1.54) is 16.5 Å². The minimum absolute atomic E-state index is 0.0177. The van der Waals surface area contributed by atoms with Gasteiger partial charge in [-0.25, -0.2) is 13.9 Å². The number of benzene rings is 1. The predicted octanol–water partition coefficient (Wildman–Crippen LogP) is 5.11. The first-order valence-corrected chi connectivity index (χ1v) is 13.0. The molecule has 0 radical (unpaired) electrons. The molecule has 36 heavy (non-hydrogen) atoms. The van der Waals surface area contributed by atoms with E-state index < -0.39 is 17.7 Å². The van der Waals surface area contributed by atoms with E-state index in [0.717, 1.165) is 12.1 Å². The summed E-state index contributed by atoms with van der Waals surface area (Å²) in [4.78, 5) is 32.5. The van der Waals surface area contributed by atoms with Crippen LogP contribution >= 0.6 is 11.3 Å². The smallest absolute Gasteiger partial charge is 0.307 e. The second-order valence-electron chi connectivity index (χ2n) is 9.54. The Hall–Kier alpha value is -3.59. The number of aromatic nitrogens is 3. The molecule has 3 aromatic heterocycles. The van der Waals surface area contributed by atoms with E-state index in [1.54, 1.807) is 40.1 Å². The Kier molecular flexibility index (Phi) is 5.40. The van der Waals surface area contributed by atoms with Crippen molar-refractivity contribution in [2.45, 2.75) is 45.1 Å². The van der Waals surface area contributed by atoms with Crippen LogP contribution in [-0.2, 0) is 17.6 Å². The molecule has 3 atom stereocenters. The number of carbonyl (C=O) groups is 2. The van der Waals surface area contributed by atoms with Gasteiger partial charge in [0, 0.05) is 28.7 Å². The number of thiophene rings is 1. The van der Waals surface area contributed by atoms with E-state index >= 15 is 4.39 Å². The highest BCUT2D eigenvalue weighted by atomic mass is 32.1. The molecule has 2 aliphatic rings. The average molecular weight is 505 g/mol. The summed E-state index contributed by atoms with van der Waals surface area (Å²) in [6, 6.07) is 10.4. The van der Waals surface area contributed by atoms with Crippen LogP contribution in [0.2, 0.25) is 0 Å². The topological polar surface area (TPSA) is 87.8 Å². The average Bonchev–Trinajstić information content (AvgIpc) is 3.33. The number of rotatable bonds is 5. The summed E-state index contributed by atoms with van der Waals surface area (Å²) in [7, 11) is 0. The van der Waals surface area contributed by atoms with Gasteiger partial charge in [0.05, 0.1) is 17.7 Å². The standard InChI is InChI=1S/C27H25FN4O3S/c1-3-16-11-23(26(33)31-8-6-24-17(14(31)2)7-9-36-24)29-25-13-22(30-32(16)25)18-5-4-15(10-21(18)28)19-12-20(19)27(34)35/h4-5,7,9-11,13-14,19-20H,3,6,8,12H2,1-2H3,(H,34,35)/t14?,19?,20-/m1/s1. The summed E-state index contributed by atoms with van der Waals surface area (Å²) in [6.07, 6.45) is 2.00. The molecule has 184 valence electrons. The van der Waals surface area contributed by atoms with Gasteiger partial charge in [0.15, 0.2) is 5.65 Å². The number of aliphatic carboxylic acids is 1. The molecule has 1 aliphatic carbocycles. The van der Waals surface area contributed by atoms with Crippen molar-refractivity contribution < 1.29 is 19.1 Å². The number of halogens is 1. The van der Waals surface area contributed by atoms with Crippen LogP contribution in [0.4, 0.5) is 4.39 Å². The van der Waals surface area contributed by atoms with Gasteiger partial charge in [-0.15, -0.1) is 11.3 Å². The minimum Gasteiger partial charge on any atom is -0.481 e. The molecule has 4 heterocycles. The van der Waals surface area contributed by atoms with Crippen molar-refractivity contribution in [1.82, 2.24) is 19.5 Å². The van der Waals surface area contributed by atoms with Crippen molar-refractivity contribution >= 4 is 28.9 Å². The van der Waals surface area contributed by atoms with Crippen LogP contribution in [-0.4, -0.2) is 43.0 Å². The zero-order valence-electron chi connectivity index (χ0n) is 19.9. The molecular weight excluding hydrogens is 479 g/mol. The number of carboxylic acids is 1. The molecule has 0 saturated heterocycles. The molecule has 1 saturated carbocycles. The van der Waals surface area contributed by atoms with Crippen molar-refractivity contribution in [2.24, 2.45) is 5.92 Å². The van der Waals surface area contributed by atoms with E-state index in [1.807, 2.05) is 18.7 Å². The number of aryl methyl sites for hydroxylation is 1. The molecule has 1 amide bonds. The fourth-order valence-electron chi connectivity index (χ4n) is 5.27. The molecule has 1 aromatic carbocycles. The van der Waals surface area contributed by atoms with Crippen molar-refractivity contribution in [3.63, 3.8) is 0 Å². The quantitative estimate of drug-likeness (QED) is 0.408. The van der Waals surface area contributed by atoms with E-state index in [9.17, 15) is 9.59 Å². The molecule has 4 aromatic rings. The van der Waals surface area contributed by atoms with Crippen LogP contribution < -0.4 is 0 Å². The minimum atomic E-state index is -0.844. The first-order valence-electron chi connectivity index (χ1n) is 12.1. The third-order valence-electron chi connectivity index (χ3n) is 7.43. The predicted molar refractivity (Wildman–Crippen MR) is 134 cm³/mol. The first-order chi connectivity index (χ1) is 17.4. The number of hydrogen-bond acceptors (Lipinski definition) is 5. The largest absolute Gasteiger partial charge is 0.481 e. The monoisotopic (exact) mass is 504 g/mol. The molecule has 0 bridgehead atoms. The maximum Gasteiger partial charge on any atom is 0.307 e.